The highest BCUT2D eigenvalue weighted by Gasteiger charge is 2.56. The zero-order chi connectivity index (χ0) is 20.8. The summed E-state index contributed by atoms with van der Waals surface area (Å²) in [7, 11) is 1.27. The molecule has 0 bridgehead atoms. The summed E-state index contributed by atoms with van der Waals surface area (Å²) < 4.78 is 19.2. The highest BCUT2D eigenvalue weighted by molar-refractivity contribution is 9.10. The fourth-order valence-corrected chi connectivity index (χ4v) is 4.57. The number of carbonyl (C=O) groups is 1. The minimum atomic E-state index is -1.20. The average molecular weight is 459 g/mol. The van der Waals surface area contributed by atoms with Gasteiger partial charge in [0.2, 0.25) is 0 Å². The van der Waals surface area contributed by atoms with Crippen LogP contribution in [0, 0.1) is 15.9 Å². The molecule has 2 aromatic carbocycles. The highest BCUT2D eigenvalue weighted by atomic mass is 79.9. The van der Waals surface area contributed by atoms with Crippen molar-refractivity contribution in [1.82, 2.24) is 4.98 Å². The molecule has 0 amide bonds. The number of hydrogen-bond acceptors (Lipinski definition) is 5. The molecule has 148 valence electrons. The standard InChI is InChI=1S/C21H16BrFN2O4/c1-29-20(26)21(9-13(10-21)12-5-3-2-4-6-12)19-14-7-15(22)16(23)8-17(14)24-11-18(19)25(27)28/h2-8,11,13H,9-10H2,1H3. The van der Waals surface area contributed by atoms with Gasteiger partial charge in [-0.1, -0.05) is 30.3 Å². The van der Waals surface area contributed by atoms with Gasteiger partial charge in [0.15, 0.2) is 0 Å². The first-order valence-electron chi connectivity index (χ1n) is 8.93. The number of fused-ring (bicyclic) bond motifs is 1. The van der Waals surface area contributed by atoms with Crippen molar-refractivity contribution in [3.8, 4) is 0 Å². The summed E-state index contributed by atoms with van der Waals surface area (Å²) in [5, 5.41) is 12.2. The predicted octanol–water partition coefficient (Wildman–Crippen LogP) is 5.03. The third-order valence-electron chi connectivity index (χ3n) is 5.60. The lowest BCUT2D eigenvalue weighted by molar-refractivity contribution is -0.386. The second-order valence-electron chi connectivity index (χ2n) is 7.15. The maximum absolute atomic E-state index is 14.0. The van der Waals surface area contributed by atoms with Gasteiger partial charge >= 0.3 is 5.97 Å². The molecule has 1 aliphatic carbocycles. The molecule has 6 nitrogen and oxygen atoms in total. The van der Waals surface area contributed by atoms with Gasteiger partial charge in [-0.15, -0.1) is 0 Å². The molecule has 8 heteroatoms. The number of methoxy groups -OCH3 is 1. The van der Waals surface area contributed by atoms with E-state index in [1.807, 2.05) is 30.3 Å². The molecule has 0 spiro atoms. The zero-order valence-electron chi connectivity index (χ0n) is 15.4. The Bertz CT molecular complexity index is 1130. The SMILES string of the molecule is COC(=O)C1(c2c([N+](=O)[O-])cnc3cc(F)c(Br)cc23)CC(c2ccccc2)C1. The molecule has 0 unspecified atom stereocenters. The van der Waals surface area contributed by atoms with Gasteiger partial charge in [-0.2, -0.15) is 0 Å². The van der Waals surface area contributed by atoms with Crippen molar-refractivity contribution in [3.05, 3.63) is 80.2 Å². The predicted molar refractivity (Wildman–Crippen MR) is 108 cm³/mol. The van der Waals surface area contributed by atoms with Crippen LogP contribution in [-0.4, -0.2) is 23.0 Å². The number of pyridine rings is 1. The van der Waals surface area contributed by atoms with Gasteiger partial charge in [0.1, 0.15) is 17.4 Å². The van der Waals surface area contributed by atoms with E-state index in [0.717, 1.165) is 11.8 Å². The summed E-state index contributed by atoms with van der Waals surface area (Å²) in [5.74, 6) is -1.02. The average Bonchev–Trinajstić information content (AvgIpc) is 2.68. The van der Waals surface area contributed by atoms with E-state index in [4.69, 9.17) is 4.74 Å². The lowest BCUT2D eigenvalue weighted by atomic mass is 9.56. The van der Waals surface area contributed by atoms with Crippen molar-refractivity contribution in [3.63, 3.8) is 0 Å². The van der Waals surface area contributed by atoms with Crippen LogP contribution >= 0.6 is 15.9 Å². The number of benzene rings is 2. The zero-order valence-corrected chi connectivity index (χ0v) is 17.0. The van der Waals surface area contributed by atoms with Crippen molar-refractivity contribution in [2.75, 3.05) is 7.11 Å². The van der Waals surface area contributed by atoms with Crippen LogP contribution in [0.4, 0.5) is 10.1 Å². The van der Waals surface area contributed by atoms with Gasteiger partial charge < -0.3 is 4.74 Å². The number of nitro groups is 1. The van der Waals surface area contributed by atoms with E-state index >= 15 is 0 Å². The summed E-state index contributed by atoms with van der Waals surface area (Å²) in [4.78, 5) is 28.2. The van der Waals surface area contributed by atoms with E-state index in [9.17, 15) is 19.3 Å². The molecular weight excluding hydrogens is 443 g/mol. The van der Waals surface area contributed by atoms with Crippen LogP contribution in [0.2, 0.25) is 0 Å². The minimum Gasteiger partial charge on any atom is -0.468 e. The molecule has 1 fully saturated rings. The van der Waals surface area contributed by atoms with Gasteiger partial charge in [-0.25, -0.2) is 9.37 Å². The summed E-state index contributed by atoms with van der Waals surface area (Å²) in [5.41, 5.74) is 0.0639. The molecule has 4 rings (SSSR count). The summed E-state index contributed by atoms with van der Waals surface area (Å²) in [6.07, 6.45) is 1.81. The Morgan fingerprint density at radius 3 is 2.62 bits per heavy atom. The number of nitrogens with zero attached hydrogens (tertiary/aromatic N) is 2. The maximum Gasteiger partial charge on any atom is 0.316 e. The third kappa shape index (κ3) is 3.07. The van der Waals surface area contributed by atoms with Crippen molar-refractivity contribution in [1.29, 1.82) is 0 Å². The van der Waals surface area contributed by atoms with E-state index in [-0.39, 0.29) is 27.2 Å². The molecule has 29 heavy (non-hydrogen) atoms. The van der Waals surface area contributed by atoms with Gasteiger partial charge in [0, 0.05) is 11.5 Å². The van der Waals surface area contributed by atoms with Gasteiger partial charge in [0.25, 0.3) is 5.69 Å². The Balaban J connectivity index is 1.94. The van der Waals surface area contributed by atoms with E-state index in [0.29, 0.717) is 18.2 Å². The molecule has 3 aromatic rings. The van der Waals surface area contributed by atoms with Crippen LogP contribution in [-0.2, 0) is 14.9 Å². The number of ether oxygens (including phenoxy) is 1. The largest absolute Gasteiger partial charge is 0.468 e. The number of carbonyl (C=O) groups excluding carboxylic acids is 1. The topological polar surface area (TPSA) is 82.3 Å². The molecule has 1 aliphatic rings. The monoisotopic (exact) mass is 458 g/mol. The molecule has 0 atom stereocenters. The number of rotatable bonds is 4. The lowest BCUT2D eigenvalue weighted by Gasteiger charge is -2.45. The molecule has 0 radical (unpaired) electrons. The highest BCUT2D eigenvalue weighted by Crippen LogP contribution is 2.56. The first-order valence-corrected chi connectivity index (χ1v) is 9.72. The van der Waals surface area contributed by atoms with Gasteiger partial charge in [-0.05, 0) is 46.3 Å². The van der Waals surface area contributed by atoms with Crippen molar-refractivity contribution in [2.45, 2.75) is 24.2 Å². The van der Waals surface area contributed by atoms with Gasteiger partial charge in [-0.3, -0.25) is 14.9 Å². The van der Waals surface area contributed by atoms with Crippen LogP contribution < -0.4 is 0 Å². The Morgan fingerprint density at radius 2 is 2.00 bits per heavy atom. The Hall–Kier alpha value is -2.87. The Kier molecular flexibility index (Phi) is 4.82. The molecular formula is C21H16BrFN2O4. The first kappa shape index (κ1) is 19.4. The van der Waals surface area contributed by atoms with Crippen LogP contribution in [0.1, 0.15) is 29.9 Å². The van der Waals surface area contributed by atoms with Crippen LogP contribution in [0.15, 0.2) is 53.1 Å². The van der Waals surface area contributed by atoms with E-state index in [2.05, 4.69) is 20.9 Å². The number of halogens is 2. The Morgan fingerprint density at radius 1 is 1.31 bits per heavy atom. The third-order valence-corrected chi connectivity index (χ3v) is 6.21. The number of hydrogen-bond donors (Lipinski definition) is 0. The molecule has 0 N–H and O–H groups in total. The van der Waals surface area contributed by atoms with Crippen LogP contribution in [0.3, 0.4) is 0 Å². The summed E-state index contributed by atoms with van der Waals surface area (Å²) in [6.45, 7) is 0. The maximum atomic E-state index is 14.0. The molecule has 0 saturated heterocycles. The molecule has 1 saturated carbocycles. The molecule has 1 heterocycles. The second kappa shape index (κ2) is 7.18. The fourth-order valence-electron chi connectivity index (χ4n) is 4.23. The second-order valence-corrected chi connectivity index (χ2v) is 8.00. The number of aromatic nitrogens is 1. The quantitative estimate of drug-likeness (QED) is 0.311. The van der Waals surface area contributed by atoms with Crippen LogP contribution in [0.5, 0.6) is 0 Å². The van der Waals surface area contributed by atoms with E-state index in [1.165, 1.54) is 19.2 Å². The van der Waals surface area contributed by atoms with Crippen molar-refractivity contribution in [2.24, 2.45) is 0 Å². The van der Waals surface area contributed by atoms with Gasteiger partial charge in [0.05, 0.1) is 27.6 Å². The lowest BCUT2D eigenvalue weighted by Crippen LogP contribution is -2.48. The summed E-state index contributed by atoms with van der Waals surface area (Å²) >= 11 is 3.13. The van der Waals surface area contributed by atoms with E-state index in [1.54, 1.807) is 0 Å². The molecule has 0 aliphatic heterocycles. The Labute approximate surface area is 174 Å². The van der Waals surface area contributed by atoms with Crippen molar-refractivity contribution >= 4 is 38.5 Å². The van der Waals surface area contributed by atoms with Crippen LogP contribution in [0.25, 0.3) is 10.9 Å². The minimum absolute atomic E-state index is 0.0574. The first-order chi connectivity index (χ1) is 13.9. The van der Waals surface area contributed by atoms with E-state index < -0.39 is 22.1 Å². The summed E-state index contributed by atoms with van der Waals surface area (Å²) in [6, 6.07) is 12.3. The fraction of sp³-hybridized carbons (Fsp3) is 0.238. The van der Waals surface area contributed by atoms with Crippen molar-refractivity contribution < 1.29 is 18.8 Å². The normalized spacial score (nSPS) is 20.9. The smallest absolute Gasteiger partial charge is 0.316 e. The molecule has 1 aromatic heterocycles. The number of esters is 1.